The summed E-state index contributed by atoms with van der Waals surface area (Å²) < 4.78 is 32.2. The number of hydrogen-bond acceptors (Lipinski definition) is 7. The van der Waals surface area contributed by atoms with Crippen LogP contribution in [-0.4, -0.2) is 48.4 Å². The smallest absolute Gasteiger partial charge is 0.412 e. The molecular formula is C33H34BrFN4O7. The number of carbonyl (C=O) groups is 4. The summed E-state index contributed by atoms with van der Waals surface area (Å²) in [6.07, 6.45) is -4.20. The normalized spacial score (nSPS) is 18.0. The van der Waals surface area contributed by atoms with E-state index >= 15 is 0 Å². The Balaban J connectivity index is 1.69. The minimum atomic E-state index is -1.32. The summed E-state index contributed by atoms with van der Waals surface area (Å²) >= 11 is 3.32. The molecular weight excluding hydrogens is 663 g/mol. The van der Waals surface area contributed by atoms with Gasteiger partial charge in [0.1, 0.15) is 23.7 Å². The van der Waals surface area contributed by atoms with Crippen molar-refractivity contribution in [2.75, 3.05) is 10.6 Å². The van der Waals surface area contributed by atoms with E-state index in [0.29, 0.717) is 15.8 Å². The molecule has 0 aliphatic heterocycles. The molecule has 0 unspecified atom stereocenters. The number of hydrogen-bond donors (Lipinski definition) is 4. The number of halogens is 2. The maximum Gasteiger partial charge on any atom is 0.412 e. The summed E-state index contributed by atoms with van der Waals surface area (Å²) in [5, 5.41) is 7.85. The highest BCUT2D eigenvalue weighted by Crippen LogP contribution is 2.33. The van der Waals surface area contributed by atoms with Gasteiger partial charge in [-0.05, 0) is 70.7 Å². The van der Waals surface area contributed by atoms with E-state index in [1.807, 2.05) is 13.8 Å². The molecule has 5 N–H and O–H groups in total. The fourth-order valence-electron chi connectivity index (χ4n) is 4.71. The number of amides is 4. The first kappa shape index (κ1) is 34.0. The lowest BCUT2D eigenvalue weighted by Crippen LogP contribution is -2.51. The van der Waals surface area contributed by atoms with Crippen molar-refractivity contribution in [3.63, 3.8) is 0 Å². The van der Waals surface area contributed by atoms with Crippen molar-refractivity contribution in [3.05, 3.63) is 101 Å². The van der Waals surface area contributed by atoms with Crippen LogP contribution >= 0.6 is 15.9 Å². The van der Waals surface area contributed by atoms with E-state index in [1.165, 1.54) is 18.2 Å². The van der Waals surface area contributed by atoms with Crippen LogP contribution in [0, 0.1) is 11.7 Å². The second kappa shape index (κ2) is 15.9. The summed E-state index contributed by atoms with van der Waals surface area (Å²) in [5.74, 6) is -1.92. The second-order valence-electron chi connectivity index (χ2n) is 10.9. The number of carbonyl (C=O) groups excluding carboxylic acids is 4. The number of nitrogens with one attached hydrogen (secondary N) is 3. The molecule has 4 rings (SSSR count). The Kier molecular flexibility index (Phi) is 11.7. The summed E-state index contributed by atoms with van der Waals surface area (Å²) in [4.78, 5) is 51.8. The number of primary amides is 1. The van der Waals surface area contributed by atoms with Crippen molar-refractivity contribution in [1.82, 2.24) is 5.32 Å². The number of para-hydroxylation sites is 2. The number of anilines is 2. The minimum absolute atomic E-state index is 0.0299. The zero-order valence-corrected chi connectivity index (χ0v) is 26.7. The van der Waals surface area contributed by atoms with Crippen LogP contribution in [0.25, 0.3) is 0 Å². The Morgan fingerprint density at radius 3 is 2.07 bits per heavy atom. The van der Waals surface area contributed by atoms with Crippen LogP contribution in [-0.2, 0) is 19.1 Å². The fraction of sp³-hybridized carbons (Fsp3) is 0.273. The van der Waals surface area contributed by atoms with Crippen LogP contribution < -0.4 is 26.4 Å². The average Bonchev–Trinajstić information content (AvgIpc) is 3.00. The minimum Gasteiger partial charge on any atom is -0.481 e. The maximum absolute atomic E-state index is 14.2. The number of nitrogens with two attached hydrogens (primary N) is 1. The maximum atomic E-state index is 14.2. The van der Waals surface area contributed by atoms with Gasteiger partial charge in [0.15, 0.2) is 12.2 Å². The predicted molar refractivity (Wildman–Crippen MR) is 172 cm³/mol. The van der Waals surface area contributed by atoms with Crippen LogP contribution in [0.1, 0.15) is 26.7 Å². The molecule has 0 aromatic heterocycles. The molecule has 0 saturated heterocycles. The standard InChI is InChI=1S/C33H34BrFN4O7/c1-19(2)15-25(30(36)40)39-31(41)20-16-27(44-26-18-21(35)13-14-24(26)34)29(46-33(43)38-23-11-7-4-8-12-23)28(17-20)45-32(42)37-22-9-5-3-6-10-22/h3-14,16,18-19,25,27-29H,15,17H2,1-2H3,(H2,36,40)(H,37,42)(H,38,43)(H,39,41)/t25-,27-,28-,29+/m1/s1. The van der Waals surface area contributed by atoms with E-state index in [4.69, 9.17) is 19.9 Å². The molecule has 0 spiro atoms. The van der Waals surface area contributed by atoms with Gasteiger partial charge < -0.3 is 25.3 Å². The van der Waals surface area contributed by atoms with Gasteiger partial charge in [-0.25, -0.2) is 14.0 Å². The van der Waals surface area contributed by atoms with Gasteiger partial charge >= 0.3 is 12.2 Å². The Bertz CT molecular complexity index is 1570. The monoisotopic (exact) mass is 696 g/mol. The average molecular weight is 698 g/mol. The van der Waals surface area contributed by atoms with Crippen molar-refractivity contribution < 1.29 is 37.8 Å². The van der Waals surface area contributed by atoms with E-state index in [2.05, 4.69) is 31.9 Å². The first-order valence-corrected chi connectivity index (χ1v) is 15.3. The first-order valence-electron chi connectivity index (χ1n) is 14.5. The quantitative estimate of drug-likeness (QED) is 0.194. The third-order valence-electron chi connectivity index (χ3n) is 6.82. The van der Waals surface area contributed by atoms with Gasteiger partial charge in [-0.15, -0.1) is 0 Å². The summed E-state index contributed by atoms with van der Waals surface area (Å²) in [5.41, 5.74) is 6.48. The molecule has 3 aromatic carbocycles. The van der Waals surface area contributed by atoms with Crippen molar-refractivity contribution in [3.8, 4) is 5.75 Å². The van der Waals surface area contributed by atoms with Gasteiger partial charge in [-0.1, -0.05) is 50.2 Å². The molecule has 1 aliphatic rings. The largest absolute Gasteiger partial charge is 0.481 e. The predicted octanol–water partition coefficient (Wildman–Crippen LogP) is 5.92. The van der Waals surface area contributed by atoms with Crippen molar-refractivity contribution in [2.45, 2.75) is 51.0 Å². The van der Waals surface area contributed by atoms with Crippen molar-refractivity contribution in [1.29, 1.82) is 0 Å². The van der Waals surface area contributed by atoms with Crippen molar-refractivity contribution >= 4 is 51.3 Å². The highest BCUT2D eigenvalue weighted by atomic mass is 79.9. The zero-order valence-electron chi connectivity index (χ0n) is 25.1. The summed E-state index contributed by atoms with van der Waals surface area (Å²) in [6.45, 7) is 3.75. The Labute approximate surface area is 273 Å². The molecule has 13 heteroatoms. The zero-order chi connectivity index (χ0) is 33.2. The van der Waals surface area contributed by atoms with Gasteiger partial charge in [-0.2, -0.15) is 0 Å². The number of rotatable bonds is 11. The summed E-state index contributed by atoms with van der Waals surface area (Å²) in [7, 11) is 0. The lowest BCUT2D eigenvalue weighted by Gasteiger charge is -2.36. The van der Waals surface area contributed by atoms with Gasteiger partial charge in [-0.3, -0.25) is 20.2 Å². The third kappa shape index (κ3) is 9.80. The van der Waals surface area contributed by atoms with Crippen LogP contribution in [0.3, 0.4) is 0 Å². The molecule has 0 radical (unpaired) electrons. The Hall–Kier alpha value is -4.91. The van der Waals surface area contributed by atoms with E-state index < -0.39 is 54.2 Å². The highest BCUT2D eigenvalue weighted by Gasteiger charge is 2.42. The van der Waals surface area contributed by atoms with Gasteiger partial charge in [0, 0.05) is 29.4 Å². The third-order valence-corrected chi connectivity index (χ3v) is 7.48. The lowest BCUT2D eigenvalue weighted by atomic mass is 9.90. The number of ether oxygens (including phenoxy) is 3. The van der Waals surface area contributed by atoms with Crippen LogP contribution in [0.2, 0.25) is 0 Å². The molecule has 242 valence electrons. The van der Waals surface area contributed by atoms with E-state index in [0.717, 1.165) is 6.07 Å². The molecule has 1 aliphatic carbocycles. The topological polar surface area (TPSA) is 158 Å². The van der Waals surface area contributed by atoms with Crippen LogP contribution in [0.15, 0.2) is 95.0 Å². The Morgan fingerprint density at radius 1 is 0.913 bits per heavy atom. The number of benzene rings is 3. The molecule has 0 fully saturated rings. The summed E-state index contributed by atoms with van der Waals surface area (Å²) in [6, 6.07) is 19.8. The molecule has 0 saturated carbocycles. The molecule has 0 heterocycles. The highest BCUT2D eigenvalue weighted by molar-refractivity contribution is 9.10. The Morgan fingerprint density at radius 2 is 1.50 bits per heavy atom. The molecule has 3 aromatic rings. The first-order chi connectivity index (χ1) is 22.0. The van der Waals surface area contributed by atoms with E-state index in [-0.39, 0.29) is 30.1 Å². The SMILES string of the molecule is CC(C)C[C@@H](NC(=O)C1=C[C@@H](Oc2cc(F)ccc2Br)[C@H](OC(=O)Nc2ccccc2)[C@H](OC(=O)Nc2ccccc2)C1)C(N)=O. The van der Waals surface area contributed by atoms with E-state index in [9.17, 15) is 23.6 Å². The van der Waals surface area contributed by atoms with Gasteiger partial charge in [0.25, 0.3) is 0 Å². The second-order valence-corrected chi connectivity index (χ2v) is 11.8. The molecule has 11 nitrogen and oxygen atoms in total. The van der Waals surface area contributed by atoms with Gasteiger partial charge in [0.2, 0.25) is 11.8 Å². The molecule has 4 amide bonds. The van der Waals surface area contributed by atoms with Crippen molar-refractivity contribution in [2.24, 2.45) is 11.7 Å². The molecule has 4 atom stereocenters. The van der Waals surface area contributed by atoms with Gasteiger partial charge in [0.05, 0.1) is 4.47 Å². The molecule has 0 bridgehead atoms. The van der Waals surface area contributed by atoms with Crippen LogP contribution in [0.5, 0.6) is 5.75 Å². The van der Waals surface area contributed by atoms with Crippen LogP contribution in [0.4, 0.5) is 25.4 Å². The molecule has 46 heavy (non-hydrogen) atoms. The van der Waals surface area contributed by atoms with E-state index in [1.54, 1.807) is 60.7 Å². The fourth-order valence-corrected chi connectivity index (χ4v) is 5.05. The lowest BCUT2D eigenvalue weighted by molar-refractivity contribution is -0.126.